The van der Waals surface area contributed by atoms with E-state index in [0.29, 0.717) is 12.6 Å². The number of hydrogen-bond acceptors (Lipinski definition) is 3. The first-order valence-electron chi connectivity index (χ1n) is 6.40. The first-order chi connectivity index (χ1) is 7.82. The van der Waals surface area contributed by atoms with Gasteiger partial charge in [0.15, 0.2) is 0 Å². The molecule has 1 aliphatic heterocycles. The molecule has 0 saturated carbocycles. The molecule has 0 spiro atoms. The number of ether oxygens (including phenoxy) is 1. The summed E-state index contributed by atoms with van der Waals surface area (Å²) in [5.74, 6) is 0. The number of hydrogen-bond donors (Lipinski definition) is 0. The normalized spacial score (nSPS) is 21.1. The summed E-state index contributed by atoms with van der Waals surface area (Å²) in [4.78, 5) is 15.9. The first kappa shape index (κ1) is 14.3. The summed E-state index contributed by atoms with van der Waals surface area (Å²) < 4.78 is 5.31. The highest BCUT2D eigenvalue weighted by Gasteiger charge is 2.37. The largest absolute Gasteiger partial charge is 0.448 e. The maximum absolute atomic E-state index is 12.0. The van der Waals surface area contributed by atoms with Gasteiger partial charge in [-0.1, -0.05) is 20.8 Å². The molecule has 0 radical (unpaired) electrons. The number of carbonyl (C=O) groups excluding carboxylic acids is 1. The van der Waals surface area contributed by atoms with E-state index in [1.165, 1.54) is 0 Å². The number of likely N-dealkylation sites (N-methyl/N-ethyl adjacent to an activating group) is 1. The van der Waals surface area contributed by atoms with Crippen molar-refractivity contribution in [3.05, 3.63) is 0 Å². The Morgan fingerprint density at radius 1 is 1.41 bits per heavy atom. The van der Waals surface area contributed by atoms with Crippen LogP contribution in [0.2, 0.25) is 0 Å². The monoisotopic (exact) mass is 242 g/mol. The van der Waals surface area contributed by atoms with Crippen LogP contribution in [-0.4, -0.2) is 55.7 Å². The van der Waals surface area contributed by atoms with Crippen LogP contribution < -0.4 is 0 Å². The molecule has 1 fully saturated rings. The second kappa shape index (κ2) is 5.71. The average molecular weight is 242 g/mol. The highest BCUT2D eigenvalue weighted by Crippen LogP contribution is 2.32. The van der Waals surface area contributed by atoms with Gasteiger partial charge in [0, 0.05) is 19.1 Å². The van der Waals surface area contributed by atoms with Gasteiger partial charge < -0.3 is 14.5 Å². The van der Waals surface area contributed by atoms with Gasteiger partial charge in [-0.3, -0.25) is 0 Å². The molecule has 0 aromatic rings. The summed E-state index contributed by atoms with van der Waals surface area (Å²) in [6.07, 6.45) is 2.03. The van der Waals surface area contributed by atoms with E-state index < -0.39 is 0 Å². The summed E-state index contributed by atoms with van der Waals surface area (Å²) in [6, 6.07) is 0.314. The maximum Gasteiger partial charge on any atom is 0.410 e. The van der Waals surface area contributed by atoms with Gasteiger partial charge in [-0.15, -0.1) is 0 Å². The molecule has 1 unspecified atom stereocenters. The Bertz CT molecular complexity index is 259. The molecule has 1 amide bonds. The van der Waals surface area contributed by atoms with E-state index in [2.05, 4.69) is 20.8 Å². The molecule has 1 aliphatic rings. The Labute approximate surface area is 105 Å². The van der Waals surface area contributed by atoms with Gasteiger partial charge >= 0.3 is 6.09 Å². The predicted octanol–water partition coefficient (Wildman–Crippen LogP) is 2.20. The van der Waals surface area contributed by atoms with Crippen LogP contribution in [-0.2, 0) is 4.74 Å². The van der Waals surface area contributed by atoms with Crippen LogP contribution >= 0.6 is 0 Å². The average Bonchev–Trinajstić information content (AvgIpc) is 2.64. The van der Waals surface area contributed by atoms with Gasteiger partial charge in [0.25, 0.3) is 0 Å². The summed E-state index contributed by atoms with van der Waals surface area (Å²) in [5.41, 5.74) is 0.136. The molecule has 1 saturated heterocycles. The zero-order chi connectivity index (χ0) is 13.1. The smallest absolute Gasteiger partial charge is 0.410 e. The van der Waals surface area contributed by atoms with Crippen molar-refractivity contribution in [2.24, 2.45) is 5.41 Å². The molecule has 0 N–H and O–H groups in total. The van der Waals surface area contributed by atoms with Gasteiger partial charge in [0.05, 0.1) is 0 Å². The Balaban J connectivity index is 2.45. The Morgan fingerprint density at radius 3 is 2.59 bits per heavy atom. The van der Waals surface area contributed by atoms with Crippen molar-refractivity contribution in [3.63, 3.8) is 0 Å². The lowest BCUT2D eigenvalue weighted by molar-refractivity contribution is 0.0709. The van der Waals surface area contributed by atoms with Gasteiger partial charge in [-0.2, -0.15) is 0 Å². The zero-order valence-electron chi connectivity index (χ0n) is 11.8. The third-order valence-corrected chi connectivity index (χ3v) is 3.25. The van der Waals surface area contributed by atoms with Gasteiger partial charge in [0.1, 0.15) is 6.61 Å². The van der Waals surface area contributed by atoms with Crippen LogP contribution in [0.1, 0.15) is 33.6 Å². The number of nitrogens with zero attached hydrogens (tertiary/aromatic N) is 2. The summed E-state index contributed by atoms with van der Waals surface area (Å²) >= 11 is 0. The topological polar surface area (TPSA) is 32.8 Å². The molecule has 4 heteroatoms. The lowest BCUT2D eigenvalue weighted by Crippen LogP contribution is -2.43. The highest BCUT2D eigenvalue weighted by molar-refractivity contribution is 5.68. The summed E-state index contributed by atoms with van der Waals surface area (Å²) in [7, 11) is 3.95. The third kappa shape index (κ3) is 4.19. The molecule has 4 nitrogen and oxygen atoms in total. The molecule has 17 heavy (non-hydrogen) atoms. The molecule has 100 valence electrons. The maximum atomic E-state index is 12.0. The van der Waals surface area contributed by atoms with E-state index in [1.807, 2.05) is 23.9 Å². The molecule has 1 rings (SSSR count). The van der Waals surface area contributed by atoms with Crippen molar-refractivity contribution in [1.29, 1.82) is 0 Å². The van der Waals surface area contributed by atoms with Gasteiger partial charge in [0.2, 0.25) is 0 Å². The summed E-state index contributed by atoms with van der Waals surface area (Å²) in [6.45, 7) is 8.64. The van der Waals surface area contributed by atoms with Crippen LogP contribution in [0.25, 0.3) is 0 Å². The second-order valence-electron chi connectivity index (χ2n) is 6.14. The van der Waals surface area contributed by atoms with E-state index in [-0.39, 0.29) is 11.5 Å². The van der Waals surface area contributed by atoms with Crippen LogP contribution in [0.15, 0.2) is 0 Å². The van der Waals surface area contributed by atoms with Crippen molar-refractivity contribution in [3.8, 4) is 0 Å². The Morgan fingerprint density at radius 2 is 2.06 bits per heavy atom. The van der Waals surface area contributed by atoms with Gasteiger partial charge in [-0.25, -0.2) is 4.79 Å². The van der Waals surface area contributed by atoms with E-state index in [4.69, 9.17) is 4.74 Å². The number of likely N-dealkylation sites (tertiary alicyclic amines) is 1. The highest BCUT2D eigenvalue weighted by atomic mass is 16.6. The quantitative estimate of drug-likeness (QED) is 0.760. The number of rotatable bonds is 3. The van der Waals surface area contributed by atoms with E-state index in [9.17, 15) is 4.79 Å². The molecule has 0 aromatic carbocycles. The lowest BCUT2D eigenvalue weighted by atomic mass is 9.85. The number of carbonyl (C=O) groups is 1. The van der Waals surface area contributed by atoms with Crippen LogP contribution in [0, 0.1) is 5.41 Å². The molecule has 0 aliphatic carbocycles. The molecule has 0 bridgehead atoms. The van der Waals surface area contributed by atoms with E-state index >= 15 is 0 Å². The Hall–Kier alpha value is -0.770. The van der Waals surface area contributed by atoms with Crippen molar-refractivity contribution in [2.45, 2.75) is 39.7 Å². The minimum Gasteiger partial charge on any atom is -0.448 e. The van der Waals surface area contributed by atoms with Gasteiger partial charge in [-0.05, 0) is 32.4 Å². The Kier molecular flexibility index (Phi) is 4.80. The SMILES string of the molecule is CN(C)CCOC(=O)N1CCCC1C(C)(C)C. The van der Waals surface area contributed by atoms with Crippen LogP contribution in [0.5, 0.6) is 0 Å². The minimum absolute atomic E-state index is 0.136. The first-order valence-corrected chi connectivity index (χ1v) is 6.40. The molecule has 0 aromatic heterocycles. The van der Waals surface area contributed by atoms with Crippen molar-refractivity contribution < 1.29 is 9.53 Å². The third-order valence-electron chi connectivity index (χ3n) is 3.25. The fourth-order valence-corrected chi connectivity index (χ4v) is 2.28. The molecular weight excluding hydrogens is 216 g/mol. The number of amides is 1. The molecular formula is C13H26N2O2. The fourth-order valence-electron chi connectivity index (χ4n) is 2.28. The summed E-state index contributed by atoms with van der Waals surface area (Å²) in [5, 5.41) is 0. The zero-order valence-corrected chi connectivity index (χ0v) is 11.8. The van der Waals surface area contributed by atoms with Crippen molar-refractivity contribution in [2.75, 3.05) is 33.8 Å². The van der Waals surface area contributed by atoms with Crippen LogP contribution in [0.4, 0.5) is 4.79 Å². The standard InChI is InChI=1S/C13H26N2O2/c1-13(2,3)11-7-6-8-15(11)12(16)17-10-9-14(4)5/h11H,6-10H2,1-5H3. The minimum atomic E-state index is -0.149. The molecule has 1 atom stereocenters. The predicted molar refractivity (Wildman–Crippen MR) is 69.1 cm³/mol. The van der Waals surface area contributed by atoms with E-state index in [1.54, 1.807) is 0 Å². The van der Waals surface area contributed by atoms with Crippen molar-refractivity contribution >= 4 is 6.09 Å². The second-order valence-corrected chi connectivity index (χ2v) is 6.14. The van der Waals surface area contributed by atoms with Crippen molar-refractivity contribution in [1.82, 2.24) is 9.80 Å². The lowest BCUT2D eigenvalue weighted by Gasteiger charge is -2.34. The van der Waals surface area contributed by atoms with E-state index in [0.717, 1.165) is 25.9 Å². The van der Waals surface area contributed by atoms with Crippen LogP contribution in [0.3, 0.4) is 0 Å². The molecule has 1 heterocycles. The fraction of sp³-hybridized carbons (Fsp3) is 0.923.